The van der Waals surface area contributed by atoms with Gasteiger partial charge in [0.25, 0.3) is 5.89 Å². The van der Waals surface area contributed by atoms with Gasteiger partial charge in [-0.3, -0.25) is 0 Å². The SMILES string of the molecule is CC(C)Cc1ccc(-c2nc(-c3ccc(CO)c(Cl)c3)no2)cc1. The summed E-state index contributed by atoms with van der Waals surface area (Å²) >= 11 is 6.12. The summed E-state index contributed by atoms with van der Waals surface area (Å²) in [6.45, 7) is 4.30. The molecule has 0 saturated carbocycles. The number of hydrogen-bond acceptors (Lipinski definition) is 4. The van der Waals surface area contributed by atoms with E-state index in [9.17, 15) is 5.11 Å². The van der Waals surface area contributed by atoms with Crippen molar-refractivity contribution in [2.45, 2.75) is 26.9 Å². The zero-order valence-electron chi connectivity index (χ0n) is 13.7. The topological polar surface area (TPSA) is 59.2 Å². The van der Waals surface area contributed by atoms with Crippen LogP contribution in [-0.2, 0) is 13.0 Å². The van der Waals surface area contributed by atoms with Crippen molar-refractivity contribution < 1.29 is 9.63 Å². The van der Waals surface area contributed by atoms with Crippen LogP contribution in [0.5, 0.6) is 0 Å². The van der Waals surface area contributed by atoms with Crippen molar-refractivity contribution in [1.82, 2.24) is 10.1 Å². The average molecular weight is 343 g/mol. The fraction of sp³-hybridized carbons (Fsp3) is 0.263. The van der Waals surface area contributed by atoms with E-state index in [1.165, 1.54) is 5.56 Å². The fourth-order valence-electron chi connectivity index (χ4n) is 2.53. The van der Waals surface area contributed by atoms with E-state index >= 15 is 0 Å². The Morgan fingerprint density at radius 1 is 1.08 bits per heavy atom. The lowest BCUT2D eigenvalue weighted by Crippen LogP contribution is -1.93. The second-order valence-electron chi connectivity index (χ2n) is 6.18. The van der Waals surface area contributed by atoms with E-state index in [0.717, 1.165) is 17.5 Å². The van der Waals surface area contributed by atoms with E-state index in [1.54, 1.807) is 12.1 Å². The van der Waals surface area contributed by atoms with Gasteiger partial charge < -0.3 is 9.63 Å². The summed E-state index contributed by atoms with van der Waals surface area (Å²) in [5.41, 5.74) is 3.60. The summed E-state index contributed by atoms with van der Waals surface area (Å²) in [7, 11) is 0. The van der Waals surface area contributed by atoms with Crippen molar-refractivity contribution in [3.05, 3.63) is 58.6 Å². The number of benzene rings is 2. The number of aliphatic hydroxyl groups is 1. The lowest BCUT2D eigenvalue weighted by Gasteiger charge is -2.04. The average Bonchev–Trinajstić information content (AvgIpc) is 3.05. The summed E-state index contributed by atoms with van der Waals surface area (Å²) in [6, 6.07) is 13.5. The molecule has 1 heterocycles. The van der Waals surface area contributed by atoms with Gasteiger partial charge in [0.05, 0.1) is 6.61 Å². The van der Waals surface area contributed by atoms with Gasteiger partial charge in [0.1, 0.15) is 0 Å². The molecule has 24 heavy (non-hydrogen) atoms. The van der Waals surface area contributed by atoms with Gasteiger partial charge >= 0.3 is 0 Å². The maximum atomic E-state index is 9.18. The maximum absolute atomic E-state index is 9.18. The first-order chi connectivity index (χ1) is 11.6. The minimum atomic E-state index is -0.0979. The molecule has 124 valence electrons. The van der Waals surface area contributed by atoms with Crippen molar-refractivity contribution in [2.24, 2.45) is 5.92 Å². The van der Waals surface area contributed by atoms with E-state index in [1.807, 2.05) is 18.2 Å². The van der Waals surface area contributed by atoms with Crippen LogP contribution in [0.2, 0.25) is 5.02 Å². The van der Waals surface area contributed by atoms with E-state index < -0.39 is 0 Å². The summed E-state index contributed by atoms with van der Waals surface area (Å²) in [5.74, 6) is 1.57. The van der Waals surface area contributed by atoms with E-state index in [0.29, 0.717) is 28.2 Å². The molecule has 0 aliphatic carbocycles. The first-order valence-electron chi connectivity index (χ1n) is 7.89. The van der Waals surface area contributed by atoms with Gasteiger partial charge in [-0.1, -0.05) is 54.9 Å². The minimum absolute atomic E-state index is 0.0979. The molecule has 0 unspecified atom stereocenters. The monoisotopic (exact) mass is 342 g/mol. The number of rotatable bonds is 5. The Bertz CT molecular complexity index is 826. The van der Waals surface area contributed by atoms with Crippen molar-refractivity contribution in [3.63, 3.8) is 0 Å². The zero-order chi connectivity index (χ0) is 17.1. The molecule has 3 rings (SSSR count). The van der Waals surface area contributed by atoms with Crippen molar-refractivity contribution >= 4 is 11.6 Å². The normalized spacial score (nSPS) is 11.2. The smallest absolute Gasteiger partial charge is 0.258 e. The van der Waals surface area contributed by atoms with Crippen LogP contribution in [0.25, 0.3) is 22.8 Å². The Morgan fingerprint density at radius 3 is 2.42 bits per heavy atom. The largest absolute Gasteiger partial charge is 0.392 e. The molecule has 0 aliphatic rings. The molecule has 0 radical (unpaired) electrons. The van der Waals surface area contributed by atoms with Gasteiger partial charge in [-0.25, -0.2) is 0 Å². The highest BCUT2D eigenvalue weighted by atomic mass is 35.5. The molecule has 5 heteroatoms. The fourth-order valence-corrected chi connectivity index (χ4v) is 2.77. The van der Waals surface area contributed by atoms with Gasteiger partial charge in [-0.15, -0.1) is 0 Å². The maximum Gasteiger partial charge on any atom is 0.258 e. The number of aliphatic hydroxyl groups excluding tert-OH is 1. The molecular formula is C19H19ClN2O2. The van der Waals surface area contributed by atoms with E-state index in [-0.39, 0.29) is 6.61 Å². The van der Waals surface area contributed by atoms with Gasteiger partial charge in [0.15, 0.2) is 0 Å². The number of nitrogens with zero attached hydrogens (tertiary/aromatic N) is 2. The molecule has 0 fully saturated rings. The predicted octanol–water partition coefficient (Wildman–Crippen LogP) is 4.75. The third-order valence-corrected chi connectivity index (χ3v) is 4.10. The summed E-state index contributed by atoms with van der Waals surface area (Å²) in [5, 5.41) is 13.7. The van der Waals surface area contributed by atoms with Gasteiger partial charge in [0.2, 0.25) is 5.82 Å². The van der Waals surface area contributed by atoms with Crippen molar-refractivity contribution in [1.29, 1.82) is 0 Å². The first-order valence-corrected chi connectivity index (χ1v) is 8.27. The van der Waals surface area contributed by atoms with E-state index in [4.69, 9.17) is 16.1 Å². The van der Waals surface area contributed by atoms with E-state index in [2.05, 4.69) is 36.1 Å². The predicted molar refractivity (Wildman–Crippen MR) is 94.6 cm³/mol. The van der Waals surface area contributed by atoms with Gasteiger partial charge in [-0.2, -0.15) is 4.98 Å². The molecule has 1 aromatic heterocycles. The Morgan fingerprint density at radius 2 is 1.79 bits per heavy atom. The van der Waals surface area contributed by atoms with Crippen molar-refractivity contribution in [3.8, 4) is 22.8 Å². The Labute approximate surface area is 146 Å². The quantitative estimate of drug-likeness (QED) is 0.727. The second-order valence-corrected chi connectivity index (χ2v) is 6.59. The minimum Gasteiger partial charge on any atom is -0.392 e. The zero-order valence-corrected chi connectivity index (χ0v) is 14.4. The molecule has 0 spiro atoms. The van der Waals surface area contributed by atoms with Crippen LogP contribution in [0.3, 0.4) is 0 Å². The summed E-state index contributed by atoms with van der Waals surface area (Å²) < 4.78 is 5.37. The molecule has 0 bridgehead atoms. The highest BCUT2D eigenvalue weighted by Crippen LogP contribution is 2.26. The van der Waals surface area contributed by atoms with Crippen LogP contribution < -0.4 is 0 Å². The van der Waals surface area contributed by atoms with Crippen molar-refractivity contribution in [2.75, 3.05) is 0 Å². The van der Waals surface area contributed by atoms with Crippen LogP contribution >= 0.6 is 11.6 Å². The standard InChI is InChI=1S/C19H19ClN2O2/c1-12(2)9-13-3-5-14(6-4-13)19-21-18(22-24-19)15-7-8-16(11-23)17(20)10-15/h3-8,10,12,23H,9,11H2,1-2H3. The number of hydrogen-bond donors (Lipinski definition) is 1. The molecule has 0 amide bonds. The third kappa shape index (κ3) is 3.66. The molecular weight excluding hydrogens is 324 g/mol. The molecule has 4 nitrogen and oxygen atoms in total. The van der Waals surface area contributed by atoms with Crippen LogP contribution in [0, 0.1) is 5.92 Å². The molecule has 0 atom stereocenters. The Balaban J connectivity index is 1.84. The number of aromatic nitrogens is 2. The first kappa shape index (κ1) is 16.7. The van der Waals surface area contributed by atoms with Gasteiger partial charge in [0, 0.05) is 16.1 Å². The lowest BCUT2D eigenvalue weighted by atomic mass is 10.0. The molecule has 0 saturated heterocycles. The lowest BCUT2D eigenvalue weighted by molar-refractivity contribution is 0.282. The highest BCUT2D eigenvalue weighted by Gasteiger charge is 2.12. The molecule has 1 N–H and O–H groups in total. The summed E-state index contributed by atoms with van der Waals surface area (Å²) in [4.78, 5) is 4.44. The van der Waals surface area contributed by atoms with Crippen LogP contribution in [-0.4, -0.2) is 15.2 Å². The van der Waals surface area contributed by atoms with Crippen LogP contribution in [0.1, 0.15) is 25.0 Å². The third-order valence-electron chi connectivity index (χ3n) is 3.75. The summed E-state index contributed by atoms with van der Waals surface area (Å²) in [6.07, 6.45) is 1.05. The Hall–Kier alpha value is -2.17. The van der Waals surface area contributed by atoms with Crippen LogP contribution in [0.4, 0.5) is 0 Å². The van der Waals surface area contributed by atoms with Crippen LogP contribution in [0.15, 0.2) is 47.0 Å². The second kappa shape index (κ2) is 7.16. The molecule has 2 aromatic carbocycles. The molecule has 0 aliphatic heterocycles. The van der Waals surface area contributed by atoms with Gasteiger partial charge in [-0.05, 0) is 41.7 Å². The number of halogens is 1. The molecule has 3 aromatic rings. The highest BCUT2D eigenvalue weighted by molar-refractivity contribution is 6.31. The Kier molecular flexibility index (Phi) is 4.97.